The summed E-state index contributed by atoms with van der Waals surface area (Å²) in [5.41, 5.74) is 5.55. The van der Waals surface area contributed by atoms with Crippen LogP contribution >= 0.6 is 12.2 Å². The lowest BCUT2D eigenvalue weighted by Gasteiger charge is -2.11. The molecule has 0 saturated carbocycles. The summed E-state index contributed by atoms with van der Waals surface area (Å²) in [5, 5.41) is 7.87. The summed E-state index contributed by atoms with van der Waals surface area (Å²) in [4.78, 5) is 0. The Labute approximate surface area is 159 Å². The maximum atomic E-state index is 5.39. The molecule has 0 unspecified atom stereocenters. The van der Waals surface area contributed by atoms with Crippen LogP contribution < -0.4 is 25.0 Å². The molecule has 2 aromatic rings. The summed E-state index contributed by atoms with van der Waals surface area (Å²) < 4.78 is 15.7. The molecular weight excluding hydrogens is 350 g/mol. The van der Waals surface area contributed by atoms with Gasteiger partial charge < -0.3 is 19.5 Å². The van der Waals surface area contributed by atoms with Crippen molar-refractivity contribution in [1.29, 1.82) is 0 Å². The van der Waals surface area contributed by atoms with Gasteiger partial charge in [-0.05, 0) is 49.0 Å². The zero-order chi connectivity index (χ0) is 18.9. The third kappa shape index (κ3) is 5.35. The number of hydrogen-bond acceptors (Lipinski definition) is 5. The Morgan fingerprint density at radius 1 is 0.962 bits per heavy atom. The van der Waals surface area contributed by atoms with Gasteiger partial charge in [-0.25, -0.2) is 0 Å². The lowest BCUT2D eigenvalue weighted by atomic mass is 10.1. The molecule has 2 rings (SSSR count). The Morgan fingerprint density at radius 2 is 1.62 bits per heavy atom. The quantitative estimate of drug-likeness (QED) is 0.442. The summed E-state index contributed by atoms with van der Waals surface area (Å²) in [6.45, 7) is 2.47. The fraction of sp³-hybridized carbons (Fsp3) is 0.263. The van der Waals surface area contributed by atoms with Gasteiger partial charge in [0, 0.05) is 18.2 Å². The van der Waals surface area contributed by atoms with Gasteiger partial charge >= 0.3 is 0 Å². The van der Waals surface area contributed by atoms with Crippen molar-refractivity contribution < 1.29 is 14.2 Å². The molecule has 2 N–H and O–H groups in total. The van der Waals surface area contributed by atoms with Gasteiger partial charge in [0.05, 0.1) is 27.0 Å². The number of benzene rings is 2. The molecule has 0 spiro atoms. The second kappa shape index (κ2) is 9.62. The molecule has 0 radical (unpaired) electrons. The standard InChI is InChI=1S/C19H23N3O3S/c1-13(17-10-9-16(24-3)11-18(17)25-4)21-22-19(26)20-12-14-5-7-15(23-2)8-6-14/h5-11H,12H2,1-4H3,(H2,20,22,26)/b21-13-. The summed E-state index contributed by atoms with van der Waals surface area (Å²) in [6.07, 6.45) is 0. The Balaban J connectivity index is 1.94. The van der Waals surface area contributed by atoms with E-state index in [2.05, 4.69) is 15.8 Å². The number of hydrogen-bond donors (Lipinski definition) is 2. The number of nitrogens with zero attached hydrogens (tertiary/aromatic N) is 1. The lowest BCUT2D eigenvalue weighted by Crippen LogP contribution is -2.32. The number of methoxy groups -OCH3 is 3. The van der Waals surface area contributed by atoms with Crippen LogP contribution in [0, 0.1) is 0 Å². The third-order valence-electron chi connectivity index (χ3n) is 3.74. The highest BCUT2D eigenvalue weighted by Crippen LogP contribution is 2.25. The molecule has 0 heterocycles. The van der Waals surface area contributed by atoms with Crippen molar-refractivity contribution >= 4 is 23.0 Å². The first-order valence-corrected chi connectivity index (χ1v) is 8.41. The predicted octanol–water partition coefficient (Wildman–Crippen LogP) is 3.10. The number of hydrazone groups is 1. The highest BCUT2D eigenvalue weighted by Gasteiger charge is 2.08. The van der Waals surface area contributed by atoms with Gasteiger partial charge in [-0.2, -0.15) is 5.10 Å². The van der Waals surface area contributed by atoms with E-state index in [-0.39, 0.29) is 0 Å². The molecule has 0 atom stereocenters. The van der Waals surface area contributed by atoms with Gasteiger partial charge in [0.2, 0.25) is 0 Å². The maximum Gasteiger partial charge on any atom is 0.187 e. The molecule has 0 fully saturated rings. The van der Waals surface area contributed by atoms with Crippen LogP contribution in [0.4, 0.5) is 0 Å². The van der Waals surface area contributed by atoms with Crippen LogP contribution in [-0.4, -0.2) is 32.2 Å². The lowest BCUT2D eigenvalue weighted by molar-refractivity contribution is 0.394. The van der Waals surface area contributed by atoms with Crippen molar-refractivity contribution in [3.05, 3.63) is 53.6 Å². The van der Waals surface area contributed by atoms with Crippen molar-refractivity contribution in [3.8, 4) is 17.2 Å². The zero-order valence-corrected chi connectivity index (χ0v) is 16.1. The fourth-order valence-corrected chi connectivity index (χ4v) is 2.38. The average molecular weight is 373 g/mol. The van der Waals surface area contributed by atoms with Crippen molar-refractivity contribution in [3.63, 3.8) is 0 Å². The molecule has 2 aromatic carbocycles. The van der Waals surface area contributed by atoms with Crippen LogP contribution in [0.2, 0.25) is 0 Å². The number of nitrogens with one attached hydrogen (secondary N) is 2. The zero-order valence-electron chi connectivity index (χ0n) is 15.3. The molecule has 0 bridgehead atoms. The molecular formula is C19H23N3O3S. The van der Waals surface area contributed by atoms with Gasteiger partial charge in [-0.1, -0.05) is 12.1 Å². The Hall–Kier alpha value is -2.80. The Kier molecular flexibility index (Phi) is 7.23. The van der Waals surface area contributed by atoms with Crippen LogP contribution in [0.15, 0.2) is 47.6 Å². The SMILES string of the molecule is COc1ccc(CNC(=S)N/N=C(/C)c2ccc(OC)cc2OC)cc1. The van der Waals surface area contributed by atoms with E-state index in [4.69, 9.17) is 26.4 Å². The summed E-state index contributed by atoms with van der Waals surface area (Å²) in [5.74, 6) is 2.23. The molecule has 0 aromatic heterocycles. The van der Waals surface area contributed by atoms with E-state index >= 15 is 0 Å². The molecule has 0 saturated heterocycles. The van der Waals surface area contributed by atoms with E-state index in [1.807, 2.05) is 49.4 Å². The molecule has 6 nitrogen and oxygen atoms in total. The van der Waals surface area contributed by atoms with Crippen molar-refractivity contribution in [2.75, 3.05) is 21.3 Å². The van der Waals surface area contributed by atoms with E-state index in [0.717, 1.165) is 28.3 Å². The number of rotatable bonds is 7. The molecule has 0 aliphatic carbocycles. The van der Waals surface area contributed by atoms with Gasteiger partial charge in [-0.15, -0.1) is 0 Å². The minimum atomic E-state index is 0.438. The number of ether oxygens (including phenoxy) is 3. The van der Waals surface area contributed by atoms with E-state index in [1.54, 1.807) is 21.3 Å². The van der Waals surface area contributed by atoms with E-state index in [0.29, 0.717) is 17.4 Å². The normalized spacial score (nSPS) is 10.8. The highest BCUT2D eigenvalue weighted by molar-refractivity contribution is 7.80. The fourth-order valence-electron chi connectivity index (χ4n) is 2.26. The van der Waals surface area contributed by atoms with Crippen molar-refractivity contribution in [2.45, 2.75) is 13.5 Å². The first-order valence-electron chi connectivity index (χ1n) is 8.00. The Bertz CT molecular complexity index is 776. The summed E-state index contributed by atoms with van der Waals surface area (Å²) >= 11 is 5.27. The Morgan fingerprint density at radius 3 is 2.23 bits per heavy atom. The maximum absolute atomic E-state index is 5.39. The van der Waals surface area contributed by atoms with Gasteiger partial charge in [0.1, 0.15) is 17.2 Å². The molecule has 26 heavy (non-hydrogen) atoms. The topological polar surface area (TPSA) is 64.1 Å². The average Bonchev–Trinajstić information content (AvgIpc) is 2.70. The van der Waals surface area contributed by atoms with E-state index in [9.17, 15) is 0 Å². The monoisotopic (exact) mass is 373 g/mol. The minimum Gasteiger partial charge on any atom is -0.497 e. The van der Waals surface area contributed by atoms with Crippen LogP contribution in [-0.2, 0) is 6.54 Å². The van der Waals surface area contributed by atoms with Gasteiger partial charge in [-0.3, -0.25) is 5.43 Å². The second-order valence-corrected chi connectivity index (χ2v) is 5.81. The van der Waals surface area contributed by atoms with Crippen LogP contribution in [0.5, 0.6) is 17.2 Å². The second-order valence-electron chi connectivity index (χ2n) is 5.41. The van der Waals surface area contributed by atoms with Crippen LogP contribution in [0.3, 0.4) is 0 Å². The molecule has 0 aliphatic rings. The smallest absolute Gasteiger partial charge is 0.187 e. The third-order valence-corrected chi connectivity index (χ3v) is 3.97. The van der Waals surface area contributed by atoms with E-state index in [1.165, 1.54) is 0 Å². The summed E-state index contributed by atoms with van der Waals surface area (Å²) in [6, 6.07) is 13.3. The largest absolute Gasteiger partial charge is 0.497 e. The molecule has 0 aliphatic heterocycles. The van der Waals surface area contributed by atoms with Gasteiger partial charge in [0.15, 0.2) is 5.11 Å². The molecule has 0 amide bonds. The number of thiocarbonyl (C=S) groups is 1. The first kappa shape index (κ1) is 19.5. The first-order chi connectivity index (χ1) is 12.6. The highest BCUT2D eigenvalue weighted by atomic mass is 32.1. The van der Waals surface area contributed by atoms with Crippen LogP contribution in [0.25, 0.3) is 0 Å². The van der Waals surface area contributed by atoms with E-state index < -0.39 is 0 Å². The minimum absolute atomic E-state index is 0.438. The van der Waals surface area contributed by atoms with Crippen molar-refractivity contribution in [2.24, 2.45) is 5.10 Å². The predicted molar refractivity (Wildman–Crippen MR) is 107 cm³/mol. The van der Waals surface area contributed by atoms with Crippen LogP contribution in [0.1, 0.15) is 18.1 Å². The molecule has 7 heteroatoms. The van der Waals surface area contributed by atoms with Gasteiger partial charge in [0.25, 0.3) is 0 Å². The van der Waals surface area contributed by atoms with Crippen molar-refractivity contribution in [1.82, 2.24) is 10.7 Å². The summed E-state index contributed by atoms with van der Waals surface area (Å²) in [7, 11) is 4.87. The molecule has 138 valence electrons.